The summed E-state index contributed by atoms with van der Waals surface area (Å²) in [5, 5.41) is 9.08. The van der Waals surface area contributed by atoms with Crippen LogP contribution in [0, 0.1) is 0 Å². The molecular formula is C10H13NO3. The Morgan fingerprint density at radius 3 is 2.93 bits per heavy atom. The number of ether oxygens (including phenoxy) is 1. The number of carbonyl (C=O) groups excluding carboxylic acids is 1. The average Bonchev–Trinajstić information content (AvgIpc) is 2.17. The van der Waals surface area contributed by atoms with Gasteiger partial charge in [0.25, 0.3) is 0 Å². The highest BCUT2D eigenvalue weighted by Gasteiger charge is 2.12. The highest BCUT2D eigenvalue weighted by molar-refractivity contribution is 5.99. The third-order valence-corrected chi connectivity index (χ3v) is 1.69. The van der Waals surface area contributed by atoms with Gasteiger partial charge in [-0.05, 0) is 19.9 Å². The van der Waals surface area contributed by atoms with E-state index in [4.69, 9.17) is 9.84 Å². The summed E-state index contributed by atoms with van der Waals surface area (Å²) in [6.07, 6.45) is 1.94. The van der Waals surface area contributed by atoms with Crippen molar-refractivity contribution in [3.63, 3.8) is 0 Å². The first-order valence-electron chi connectivity index (χ1n) is 4.45. The third-order valence-electron chi connectivity index (χ3n) is 1.69. The van der Waals surface area contributed by atoms with Crippen LogP contribution in [0.4, 0.5) is 0 Å². The quantitative estimate of drug-likeness (QED) is 0.729. The molecule has 4 nitrogen and oxygen atoms in total. The molecule has 1 rings (SSSR count). The minimum absolute atomic E-state index is 0.348. The molecular weight excluding hydrogens is 182 g/mol. The second-order valence-corrected chi connectivity index (χ2v) is 2.88. The number of nitrogens with zero attached hydrogens (tertiary/aromatic N) is 1. The van der Waals surface area contributed by atoms with Gasteiger partial charge in [-0.3, -0.25) is 9.78 Å². The number of carbonyl (C=O) groups is 1. The maximum atomic E-state index is 11.4. The SMILES string of the molecule is CCOc1cncc(C(=O)C(C)O)c1. The number of ketones is 1. The molecule has 0 aliphatic carbocycles. The van der Waals surface area contributed by atoms with Crippen molar-refractivity contribution in [3.8, 4) is 5.75 Å². The first-order chi connectivity index (χ1) is 6.65. The number of aromatic nitrogens is 1. The van der Waals surface area contributed by atoms with Gasteiger partial charge in [-0.25, -0.2) is 0 Å². The van der Waals surface area contributed by atoms with E-state index in [9.17, 15) is 4.79 Å². The van der Waals surface area contributed by atoms with Crippen LogP contribution in [0.15, 0.2) is 18.5 Å². The van der Waals surface area contributed by atoms with Gasteiger partial charge in [0, 0.05) is 11.8 Å². The Labute approximate surface area is 82.5 Å². The molecule has 1 aromatic heterocycles. The lowest BCUT2D eigenvalue weighted by molar-refractivity contribution is 0.0778. The zero-order chi connectivity index (χ0) is 10.6. The van der Waals surface area contributed by atoms with Crippen molar-refractivity contribution in [3.05, 3.63) is 24.0 Å². The Balaban J connectivity index is 2.88. The predicted octanol–water partition coefficient (Wildman–Crippen LogP) is 1.04. The van der Waals surface area contributed by atoms with Crippen molar-refractivity contribution in [1.82, 2.24) is 4.98 Å². The second-order valence-electron chi connectivity index (χ2n) is 2.88. The van der Waals surface area contributed by atoms with Crippen LogP contribution in [-0.4, -0.2) is 28.6 Å². The topological polar surface area (TPSA) is 59.4 Å². The van der Waals surface area contributed by atoms with Gasteiger partial charge in [0.05, 0.1) is 12.8 Å². The van der Waals surface area contributed by atoms with Crippen LogP contribution in [0.1, 0.15) is 24.2 Å². The molecule has 4 heteroatoms. The summed E-state index contributed by atoms with van der Waals surface area (Å²) in [7, 11) is 0. The Hall–Kier alpha value is -1.42. The van der Waals surface area contributed by atoms with Crippen LogP contribution >= 0.6 is 0 Å². The van der Waals surface area contributed by atoms with E-state index in [2.05, 4.69) is 4.98 Å². The second kappa shape index (κ2) is 4.72. The molecule has 0 aliphatic heterocycles. The van der Waals surface area contributed by atoms with E-state index in [0.717, 1.165) is 0 Å². The van der Waals surface area contributed by atoms with Crippen LogP contribution in [-0.2, 0) is 0 Å². The van der Waals surface area contributed by atoms with Crippen molar-refractivity contribution in [2.24, 2.45) is 0 Å². The van der Waals surface area contributed by atoms with Gasteiger partial charge in [-0.2, -0.15) is 0 Å². The first-order valence-corrected chi connectivity index (χ1v) is 4.45. The number of hydrogen-bond acceptors (Lipinski definition) is 4. The fraction of sp³-hybridized carbons (Fsp3) is 0.400. The smallest absolute Gasteiger partial charge is 0.192 e. The molecule has 0 aliphatic rings. The Morgan fingerprint density at radius 1 is 1.64 bits per heavy atom. The highest BCUT2D eigenvalue weighted by Crippen LogP contribution is 2.12. The molecule has 1 N–H and O–H groups in total. The molecule has 76 valence electrons. The van der Waals surface area contributed by atoms with E-state index < -0.39 is 6.10 Å². The summed E-state index contributed by atoms with van der Waals surface area (Å²) in [5.74, 6) is 0.193. The number of aliphatic hydroxyl groups excluding tert-OH is 1. The monoisotopic (exact) mass is 195 g/mol. The summed E-state index contributed by atoms with van der Waals surface area (Å²) in [5.41, 5.74) is 0.367. The molecule has 1 aromatic rings. The van der Waals surface area contributed by atoms with Gasteiger partial charge < -0.3 is 9.84 Å². The van der Waals surface area contributed by atoms with Crippen LogP contribution in [0.2, 0.25) is 0 Å². The van der Waals surface area contributed by atoms with Crippen LogP contribution in [0.5, 0.6) is 5.75 Å². The molecule has 0 saturated heterocycles. The summed E-state index contributed by atoms with van der Waals surface area (Å²) >= 11 is 0. The summed E-state index contributed by atoms with van der Waals surface area (Å²) in [6.45, 7) is 3.80. The standard InChI is InChI=1S/C10H13NO3/c1-3-14-9-4-8(5-11-6-9)10(13)7(2)12/h4-7,12H,3H2,1-2H3. The number of rotatable bonds is 4. The zero-order valence-corrected chi connectivity index (χ0v) is 8.23. The van der Waals surface area contributed by atoms with E-state index in [-0.39, 0.29) is 5.78 Å². The maximum Gasteiger partial charge on any atom is 0.192 e. The average molecular weight is 195 g/mol. The lowest BCUT2D eigenvalue weighted by atomic mass is 10.1. The Morgan fingerprint density at radius 2 is 2.36 bits per heavy atom. The molecule has 1 heterocycles. The molecule has 0 bridgehead atoms. The van der Waals surface area contributed by atoms with Gasteiger partial charge in [0.2, 0.25) is 0 Å². The highest BCUT2D eigenvalue weighted by atomic mass is 16.5. The van der Waals surface area contributed by atoms with Crippen molar-refractivity contribution < 1.29 is 14.6 Å². The fourth-order valence-electron chi connectivity index (χ4n) is 1.04. The van der Waals surface area contributed by atoms with E-state index in [0.29, 0.717) is 17.9 Å². The predicted molar refractivity (Wildman–Crippen MR) is 51.4 cm³/mol. The van der Waals surface area contributed by atoms with E-state index in [1.165, 1.54) is 19.3 Å². The normalized spacial score (nSPS) is 12.2. The third kappa shape index (κ3) is 2.53. The van der Waals surface area contributed by atoms with E-state index in [1.807, 2.05) is 6.92 Å². The Bertz CT molecular complexity index is 323. The van der Waals surface area contributed by atoms with Gasteiger partial charge in [-0.1, -0.05) is 0 Å². The van der Waals surface area contributed by atoms with E-state index in [1.54, 1.807) is 6.07 Å². The molecule has 0 saturated carbocycles. The Kier molecular flexibility index (Phi) is 3.59. The van der Waals surface area contributed by atoms with Gasteiger partial charge in [0.1, 0.15) is 11.9 Å². The summed E-state index contributed by atoms with van der Waals surface area (Å²) < 4.78 is 5.18. The lowest BCUT2D eigenvalue weighted by Gasteiger charge is -2.05. The van der Waals surface area contributed by atoms with Gasteiger partial charge >= 0.3 is 0 Å². The van der Waals surface area contributed by atoms with Crippen LogP contribution in [0.3, 0.4) is 0 Å². The number of hydrogen-bond donors (Lipinski definition) is 1. The maximum absolute atomic E-state index is 11.4. The molecule has 1 atom stereocenters. The lowest BCUT2D eigenvalue weighted by Crippen LogP contribution is -2.16. The molecule has 14 heavy (non-hydrogen) atoms. The van der Waals surface area contributed by atoms with Crippen LogP contribution in [0.25, 0.3) is 0 Å². The molecule has 0 fully saturated rings. The molecule has 0 radical (unpaired) electrons. The number of aliphatic hydroxyl groups is 1. The largest absolute Gasteiger partial charge is 0.492 e. The zero-order valence-electron chi connectivity index (χ0n) is 8.23. The van der Waals surface area contributed by atoms with Crippen molar-refractivity contribution in [2.45, 2.75) is 20.0 Å². The minimum Gasteiger partial charge on any atom is -0.492 e. The fourth-order valence-corrected chi connectivity index (χ4v) is 1.04. The first kappa shape index (κ1) is 10.7. The minimum atomic E-state index is -1.01. The molecule has 0 spiro atoms. The molecule has 0 amide bonds. The van der Waals surface area contributed by atoms with Crippen LogP contribution < -0.4 is 4.74 Å². The van der Waals surface area contributed by atoms with Crippen molar-refractivity contribution >= 4 is 5.78 Å². The van der Waals surface area contributed by atoms with Crippen molar-refractivity contribution in [2.75, 3.05) is 6.61 Å². The van der Waals surface area contributed by atoms with Crippen molar-refractivity contribution in [1.29, 1.82) is 0 Å². The summed E-state index contributed by atoms with van der Waals surface area (Å²) in [4.78, 5) is 15.2. The van der Waals surface area contributed by atoms with E-state index >= 15 is 0 Å². The molecule has 0 aromatic carbocycles. The van der Waals surface area contributed by atoms with Gasteiger partial charge in [-0.15, -0.1) is 0 Å². The van der Waals surface area contributed by atoms with Gasteiger partial charge in [0.15, 0.2) is 5.78 Å². The summed E-state index contributed by atoms with van der Waals surface area (Å²) in [6, 6.07) is 1.57. The number of Topliss-reactive ketones (excluding diaryl/α,β-unsaturated/α-hetero) is 1. The number of pyridine rings is 1. The molecule has 1 unspecified atom stereocenters.